The lowest BCUT2D eigenvalue weighted by Crippen LogP contribution is -2.45. The number of para-hydroxylation sites is 1. The van der Waals surface area contributed by atoms with Crippen molar-refractivity contribution in [2.24, 2.45) is 5.73 Å². The number of amides is 2. The van der Waals surface area contributed by atoms with Crippen LogP contribution in [0.2, 0.25) is 0 Å². The second kappa shape index (κ2) is 9.97. The van der Waals surface area contributed by atoms with Crippen molar-refractivity contribution >= 4 is 17.6 Å². The van der Waals surface area contributed by atoms with E-state index < -0.39 is 5.91 Å². The van der Waals surface area contributed by atoms with E-state index in [1.807, 2.05) is 35.3 Å². The minimum Gasteiger partial charge on any atom is -0.457 e. The molecular weight excluding hydrogens is 420 g/mol. The van der Waals surface area contributed by atoms with Gasteiger partial charge >= 0.3 is 0 Å². The summed E-state index contributed by atoms with van der Waals surface area (Å²) in [5.41, 5.74) is 5.63. The Morgan fingerprint density at radius 3 is 2.12 bits per heavy atom. The SMILES string of the molecule is C=CC(=O)N(c1ccc(C(N)=O)c(Oc2ccc(Oc3ccccc3)cc2)n1)N1CCCC1. The lowest BCUT2D eigenvalue weighted by Gasteiger charge is -2.30. The lowest BCUT2D eigenvalue weighted by molar-refractivity contribution is -0.116. The number of hydrogen-bond acceptors (Lipinski definition) is 6. The van der Waals surface area contributed by atoms with Crippen molar-refractivity contribution in [3.63, 3.8) is 0 Å². The zero-order chi connectivity index (χ0) is 23.2. The number of aromatic nitrogens is 1. The van der Waals surface area contributed by atoms with Crippen LogP contribution in [0.5, 0.6) is 23.1 Å². The number of hydrogen-bond donors (Lipinski definition) is 1. The molecule has 33 heavy (non-hydrogen) atoms. The molecule has 8 heteroatoms. The van der Waals surface area contributed by atoms with Crippen molar-refractivity contribution in [3.05, 3.63) is 84.9 Å². The molecule has 1 fully saturated rings. The maximum Gasteiger partial charge on any atom is 0.266 e. The number of hydrazine groups is 1. The van der Waals surface area contributed by atoms with Crippen LogP contribution in [-0.2, 0) is 4.79 Å². The van der Waals surface area contributed by atoms with E-state index in [2.05, 4.69) is 11.6 Å². The van der Waals surface area contributed by atoms with Crippen LogP contribution in [0.1, 0.15) is 23.2 Å². The average molecular weight is 444 g/mol. The van der Waals surface area contributed by atoms with Gasteiger partial charge in [0.2, 0.25) is 5.88 Å². The summed E-state index contributed by atoms with van der Waals surface area (Å²) in [5, 5.41) is 3.35. The van der Waals surface area contributed by atoms with Crippen LogP contribution >= 0.6 is 0 Å². The van der Waals surface area contributed by atoms with Crippen molar-refractivity contribution in [2.45, 2.75) is 12.8 Å². The van der Waals surface area contributed by atoms with Gasteiger partial charge in [0, 0.05) is 13.1 Å². The summed E-state index contributed by atoms with van der Waals surface area (Å²) in [6.45, 7) is 5.03. The molecule has 0 bridgehead atoms. The van der Waals surface area contributed by atoms with Crippen molar-refractivity contribution in [1.29, 1.82) is 0 Å². The van der Waals surface area contributed by atoms with Gasteiger partial charge in [-0.3, -0.25) is 9.59 Å². The fourth-order valence-electron chi connectivity index (χ4n) is 3.51. The Kier molecular flexibility index (Phi) is 6.66. The molecule has 2 heterocycles. The molecule has 0 spiro atoms. The Bertz CT molecular complexity index is 1140. The number of primary amides is 1. The van der Waals surface area contributed by atoms with Crippen LogP contribution in [0.25, 0.3) is 0 Å². The van der Waals surface area contributed by atoms with Gasteiger partial charge in [-0.1, -0.05) is 24.8 Å². The van der Waals surface area contributed by atoms with E-state index in [4.69, 9.17) is 15.2 Å². The maximum absolute atomic E-state index is 12.6. The first-order valence-corrected chi connectivity index (χ1v) is 10.6. The predicted molar refractivity (Wildman–Crippen MR) is 124 cm³/mol. The third kappa shape index (κ3) is 5.19. The maximum atomic E-state index is 12.6. The second-order valence-electron chi connectivity index (χ2n) is 7.39. The Morgan fingerprint density at radius 2 is 1.52 bits per heavy atom. The Hall–Kier alpha value is -4.17. The van der Waals surface area contributed by atoms with Gasteiger partial charge in [-0.25, -0.2) is 10.0 Å². The highest BCUT2D eigenvalue weighted by Crippen LogP contribution is 2.30. The molecule has 0 unspecified atom stereocenters. The second-order valence-corrected chi connectivity index (χ2v) is 7.39. The van der Waals surface area contributed by atoms with E-state index in [-0.39, 0.29) is 17.4 Å². The number of pyridine rings is 1. The van der Waals surface area contributed by atoms with Crippen LogP contribution in [0.15, 0.2) is 79.4 Å². The third-order valence-electron chi connectivity index (χ3n) is 5.09. The third-order valence-corrected chi connectivity index (χ3v) is 5.09. The van der Waals surface area contributed by atoms with Gasteiger partial charge in [-0.05, 0) is 67.4 Å². The zero-order valence-corrected chi connectivity index (χ0v) is 18.0. The highest BCUT2D eigenvalue weighted by atomic mass is 16.5. The number of ether oxygens (including phenoxy) is 2. The van der Waals surface area contributed by atoms with Crippen molar-refractivity contribution in [2.75, 3.05) is 18.1 Å². The molecule has 168 valence electrons. The van der Waals surface area contributed by atoms with Crippen LogP contribution in [0.4, 0.5) is 5.82 Å². The van der Waals surface area contributed by atoms with E-state index in [0.717, 1.165) is 25.9 Å². The van der Waals surface area contributed by atoms with Crippen LogP contribution in [0, 0.1) is 0 Å². The molecule has 1 aliphatic heterocycles. The standard InChI is InChI=1S/C25H24N4O4/c1-2-23(30)29(28-16-6-7-17-28)22-15-14-21(24(26)31)25(27-22)33-20-12-10-19(11-13-20)32-18-8-4-3-5-9-18/h2-5,8-15H,1,6-7,16-17H2,(H2,26,31). The van der Waals surface area contributed by atoms with Gasteiger partial charge in [0.15, 0.2) is 5.82 Å². The minimum atomic E-state index is -0.684. The van der Waals surface area contributed by atoms with Gasteiger partial charge in [-0.2, -0.15) is 4.98 Å². The van der Waals surface area contributed by atoms with Gasteiger partial charge in [0.05, 0.1) is 0 Å². The van der Waals surface area contributed by atoms with Crippen LogP contribution < -0.4 is 20.2 Å². The number of anilines is 1. The zero-order valence-electron chi connectivity index (χ0n) is 18.0. The first kappa shape index (κ1) is 22.0. The van der Waals surface area contributed by atoms with Crippen LogP contribution in [-0.4, -0.2) is 34.9 Å². The average Bonchev–Trinajstić information content (AvgIpc) is 3.35. The molecule has 3 aromatic rings. The van der Waals surface area contributed by atoms with Gasteiger partial charge in [-0.15, -0.1) is 0 Å². The molecule has 0 atom stereocenters. The molecule has 0 radical (unpaired) electrons. The number of nitrogens with two attached hydrogens (primary N) is 1. The molecular formula is C25H24N4O4. The largest absolute Gasteiger partial charge is 0.457 e. The molecule has 0 aliphatic carbocycles. The Labute approximate surface area is 191 Å². The molecule has 1 aromatic heterocycles. The molecule has 2 amide bonds. The smallest absolute Gasteiger partial charge is 0.266 e. The number of carbonyl (C=O) groups is 2. The molecule has 2 aromatic carbocycles. The number of nitrogens with zero attached hydrogens (tertiary/aromatic N) is 3. The highest BCUT2D eigenvalue weighted by Gasteiger charge is 2.27. The number of carbonyl (C=O) groups excluding carboxylic acids is 2. The van der Waals surface area contributed by atoms with E-state index in [9.17, 15) is 9.59 Å². The van der Waals surface area contributed by atoms with Gasteiger partial charge in [0.25, 0.3) is 11.8 Å². The highest BCUT2D eigenvalue weighted by molar-refractivity contribution is 6.00. The van der Waals surface area contributed by atoms with E-state index in [1.165, 1.54) is 17.2 Å². The van der Waals surface area contributed by atoms with E-state index in [1.54, 1.807) is 30.3 Å². The summed E-state index contributed by atoms with van der Waals surface area (Å²) in [7, 11) is 0. The molecule has 1 saturated heterocycles. The first-order valence-electron chi connectivity index (χ1n) is 10.6. The predicted octanol–water partition coefficient (Wildman–Crippen LogP) is 4.29. The summed E-state index contributed by atoms with van der Waals surface area (Å²) in [4.78, 5) is 29.0. The molecule has 8 nitrogen and oxygen atoms in total. The Morgan fingerprint density at radius 1 is 0.909 bits per heavy atom. The summed E-state index contributed by atoms with van der Waals surface area (Å²) in [6, 6.07) is 19.4. The van der Waals surface area contributed by atoms with Crippen molar-refractivity contribution in [3.8, 4) is 23.1 Å². The molecule has 0 saturated carbocycles. The molecule has 2 N–H and O–H groups in total. The van der Waals surface area contributed by atoms with Gasteiger partial charge < -0.3 is 15.2 Å². The Balaban J connectivity index is 1.60. The fraction of sp³-hybridized carbons (Fsp3) is 0.160. The normalized spacial score (nSPS) is 13.3. The molecule has 1 aliphatic rings. The minimum absolute atomic E-state index is 0.0118. The topological polar surface area (TPSA) is 98.0 Å². The summed E-state index contributed by atoms with van der Waals surface area (Å²) >= 11 is 0. The van der Waals surface area contributed by atoms with Gasteiger partial charge in [0.1, 0.15) is 22.8 Å². The number of benzene rings is 2. The quantitative estimate of drug-likeness (QED) is 0.521. The lowest BCUT2D eigenvalue weighted by atomic mass is 10.2. The number of rotatable bonds is 8. The summed E-state index contributed by atoms with van der Waals surface area (Å²) in [5.74, 6) is 1.11. The van der Waals surface area contributed by atoms with E-state index >= 15 is 0 Å². The molecule has 4 rings (SSSR count). The van der Waals surface area contributed by atoms with Crippen molar-refractivity contribution in [1.82, 2.24) is 9.99 Å². The monoisotopic (exact) mass is 444 g/mol. The summed E-state index contributed by atoms with van der Waals surface area (Å²) < 4.78 is 11.7. The van der Waals surface area contributed by atoms with E-state index in [0.29, 0.717) is 23.1 Å². The van der Waals surface area contributed by atoms with Crippen molar-refractivity contribution < 1.29 is 19.1 Å². The first-order chi connectivity index (χ1) is 16.0. The fourth-order valence-corrected chi connectivity index (χ4v) is 3.51. The summed E-state index contributed by atoms with van der Waals surface area (Å²) in [6.07, 6.45) is 3.18. The van der Waals surface area contributed by atoms with Crippen LogP contribution in [0.3, 0.4) is 0 Å².